The molecule has 0 unspecified atom stereocenters. The summed E-state index contributed by atoms with van der Waals surface area (Å²) >= 11 is 0. The summed E-state index contributed by atoms with van der Waals surface area (Å²) in [4.78, 5) is 30.9. The zero-order valence-corrected chi connectivity index (χ0v) is 27.5. The number of aryl methyl sites for hydroxylation is 1. The molecule has 0 radical (unpaired) electrons. The highest BCUT2D eigenvalue weighted by Crippen LogP contribution is 2.34. The topological polar surface area (TPSA) is 141 Å². The molecular formula is C33H35N7O5S. The Balaban J connectivity index is 1.43. The third-order valence-electron chi connectivity index (χ3n) is 7.31. The van der Waals surface area contributed by atoms with Crippen LogP contribution in [0.2, 0.25) is 0 Å². The average molecular weight is 642 g/mol. The Morgan fingerprint density at radius 1 is 0.978 bits per heavy atom. The molecule has 2 heterocycles. The Labute approximate surface area is 267 Å². The zero-order valence-electron chi connectivity index (χ0n) is 26.6. The van der Waals surface area contributed by atoms with Crippen LogP contribution in [0.5, 0.6) is 5.75 Å². The minimum absolute atomic E-state index is 0.207. The van der Waals surface area contributed by atoms with Gasteiger partial charge in [-0.15, -0.1) is 5.10 Å². The number of methoxy groups -OCH3 is 1. The van der Waals surface area contributed by atoms with Gasteiger partial charge in [0.05, 0.1) is 48.5 Å². The fourth-order valence-corrected chi connectivity index (χ4v) is 6.76. The van der Waals surface area contributed by atoms with Crippen molar-refractivity contribution in [1.82, 2.24) is 24.5 Å². The molecule has 0 bridgehead atoms. The van der Waals surface area contributed by atoms with Crippen LogP contribution >= 0.6 is 0 Å². The lowest BCUT2D eigenvalue weighted by molar-refractivity contribution is 0.101. The number of aromatic nitrogens is 5. The summed E-state index contributed by atoms with van der Waals surface area (Å²) in [6, 6.07) is 18.9. The van der Waals surface area contributed by atoms with Crippen LogP contribution in [-0.4, -0.2) is 63.6 Å². The molecule has 46 heavy (non-hydrogen) atoms. The van der Waals surface area contributed by atoms with Crippen molar-refractivity contribution in [3.05, 3.63) is 102 Å². The van der Waals surface area contributed by atoms with Crippen molar-refractivity contribution in [1.29, 1.82) is 0 Å². The van der Waals surface area contributed by atoms with Crippen molar-refractivity contribution in [2.75, 3.05) is 23.0 Å². The maximum atomic E-state index is 13.5. The second-order valence-corrected chi connectivity index (χ2v) is 13.6. The summed E-state index contributed by atoms with van der Waals surface area (Å²) in [6.45, 7) is 7.25. The summed E-state index contributed by atoms with van der Waals surface area (Å²) in [5.74, 6) is -0.00318. The quantitative estimate of drug-likeness (QED) is 0.221. The van der Waals surface area contributed by atoms with Gasteiger partial charge in [0.15, 0.2) is 5.82 Å². The molecule has 5 aromatic rings. The van der Waals surface area contributed by atoms with E-state index >= 15 is 0 Å². The highest BCUT2D eigenvalue weighted by Gasteiger charge is 2.30. The smallest absolute Gasteiger partial charge is 0.255 e. The van der Waals surface area contributed by atoms with Crippen LogP contribution in [0.3, 0.4) is 0 Å². The van der Waals surface area contributed by atoms with Crippen molar-refractivity contribution in [2.45, 2.75) is 33.2 Å². The SMILES string of the molecule is COc1ccc(N(C(C)(C)C)S(C)(=O)=O)cc1NC(=O)c1ccc(C)c(-n2cc(-c3cnc(C(=O)c4ccccc4)n3C)nn2)c1. The molecule has 0 saturated carbocycles. The van der Waals surface area contributed by atoms with Gasteiger partial charge in [-0.3, -0.25) is 13.9 Å². The van der Waals surface area contributed by atoms with E-state index in [1.54, 1.807) is 110 Å². The normalized spacial score (nSPS) is 11.7. The monoisotopic (exact) mass is 641 g/mol. The van der Waals surface area contributed by atoms with Gasteiger partial charge < -0.3 is 14.6 Å². The van der Waals surface area contributed by atoms with Crippen LogP contribution in [0.4, 0.5) is 11.4 Å². The fourth-order valence-electron chi connectivity index (χ4n) is 5.26. The van der Waals surface area contributed by atoms with Crippen LogP contribution in [0.25, 0.3) is 17.1 Å². The number of carbonyl (C=O) groups is 2. The number of sulfonamides is 1. The molecule has 0 aliphatic heterocycles. The van der Waals surface area contributed by atoms with E-state index in [4.69, 9.17) is 4.74 Å². The first kappa shape index (κ1) is 32.1. The Morgan fingerprint density at radius 3 is 2.35 bits per heavy atom. The third kappa shape index (κ3) is 6.40. The molecule has 12 nitrogen and oxygen atoms in total. The number of rotatable bonds is 9. The van der Waals surface area contributed by atoms with Crippen molar-refractivity contribution in [2.24, 2.45) is 7.05 Å². The number of ketones is 1. The molecule has 2 aromatic heterocycles. The summed E-state index contributed by atoms with van der Waals surface area (Å²) in [7, 11) is -0.415. The molecule has 5 rings (SSSR count). The van der Waals surface area contributed by atoms with Crippen LogP contribution in [0, 0.1) is 6.92 Å². The zero-order chi connectivity index (χ0) is 33.4. The van der Waals surface area contributed by atoms with Crippen LogP contribution in [-0.2, 0) is 17.1 Å². The highest BCUT2D eigenvalue weighted by atomic mass is 32.2. The van der Waals surface area contributed by atoms with Crippen molar-refractivity contribution in [3.8, 4) is 22.8 Å². The molecule has 0 fully saturated rings. The van der Waals surface area contributed by atoms with Gasteiger partial charge in [0.1, 0.15) is 11.4 Å². The summed E-state index contributed by atoms with van der Waals surface area (Å²) < 4.78 is 35.3. The molecule has 0 aliphatic carbocycles. The van der Waals surface area contributed by atoms with Crippen molar-refractivity contribution in [3.63, 3.8) is 0 Å². The Bertz CT molecular complexity index is 2040. The van der Waals surface area contributed by atoms with E-state index in [9.17, 15) is 18.0 Å². The van der Waals surface area contributed by atoms with Crippen molar-refractivity contribution < 1.29 is 22.7 Å². The number of imidazole rings is 1. The largest absolute Gasteiger partial charge is 0.495 e. The second-order valence-electron chi connectivity index (χ2n) is 11.8. The average Bonchev–Trinajstić information content (AvgIpc) is 3.63. The van der Waals surface area contributed by atoms with Gasteiger partial charge in [-0.05, 0) is 63.6 Å². The first-order chi connectivity index (χ1) is 21.7. The Morgan fingerprint density at radius 2 is 1.70 bits per heavy atom. The predicted octanol–water partition coefficient (Wildman–Crippen LogP) is 5.03. The van der Waals surface area contributed by atoms with E-state index in [0.717, 1.165) is 11.8 Å². The maximum absolute atomic E-state index is 13.5. The second kappa shape index (κ2) is 12.2. The maximum Gasteiger partial charge on any atom is 0.255 e. The molecule has 0 atom stereocenters. The van der Waals surface area contributed by atoms with E-state index in [-0.39, 0.29) is 11.6 Å². The first-order valence-corrected chi connectivity index (χ1v) is 16.2. The third-order valence-corrected chi connectivity index (χ3v) is 8.73. The standard InChI is InChI=1S/C33H35N7O5S/c1-21-13-14-23(32(42)35-25-18-24(15-16-29(25)45-6)40(33(2,3)4)46(7,43)44)17-27(21)39-20-26(36-37-39)28-19-34-31(38(28)5)30(41)22-11-9-8-10-12-22/h8-20H,1-7H3,(H,35,42). The van der Waals surface area contributed by atoms with Gasteiger partial charge in [0.25, 0.3) is 5.91 Å². The molecular weight excluding hydrogens is 606 g/mol. The lowest BCUT2D eigenvalue weighted by Gasteiger charge is -2.35. The van der Waals surface area contributed by atoms with Gasteiger partial charge in [0.2, 0.25) is 15.8 Å². The van der Waals surface area contributed by atoms with E-state index in [2.05, 4.69) is 20.6 Å². The summed E-state index contributed by atoms with van der Waals surface area (Å²) in [5, 5.41) is 11.5. The number of amides is 1. The number of anilines is 2. The molecule has 1 amide bonds. The summed E-state index contributed by atoms with van der Waals surface area (Å²) in [5.41, 5.74) is 3.35. The van der Waals surface area contributed by atoms with Crippen LogP contribution in [0.1, 0.15) is 52.9 Å². The minimum atomic E-state index is -3.63. The lowest BCUT2D eigenvalue weighted by atomic mass is 10.1. The number of ether oxygens (including phenoxy) is 1. The lowest BCUT2D eigenvalue weighted by Crippen LogP contribution is -2.45. The fraction of sp³-hybridized carbons (Fsp3) is 0.242. The van der Waals surface area contributed by atoms with Crippen LogP contribution < -0.4 is 14.4 Å². The van der Waals surface area contributed by atoms with E-state index < -0.39 is 21.5 Å². The van der Waals surface area contributed by atoms with Gasteiger partial charge in [-0.1, -0.05) is 41.6 Å². The highest BCUT2D eigenvalue weighted by molar-refractivity contribution is 7.92. The molecule has 13 heteroatoms. The predicted molar refractivity (Wildman–Crippen MR) is 176 cm³/mol. The molecule has 238 valence electrons. The molecule has 1 N–H and O–H groups in total. The van der Waals surface area contributed by atoms with E-state index in [0.29, 0.717) is 45.3 Å². The number of carbonyl (C=O) groups excluding carboxylic acids is 2. The number of nitrogens with one attached hydrogen (secondary N) is 1. The number of nitrogens with zero attached hydrogens (tertiary/aromatic N) is 6. The number of hydrogen-bond donors (Lipinski definition) is 1. The first-order valence-electron chi connectivity index (χ1n) is 14.3. The molecule has 0 saturated heterocycles. The van der Waals surface area contributed by atoms with Crippen LogP contribution in [0.15, 0.2) is 79.1 Å². The molecule has 3 aromatic carbocycles. The Hall–Kier alpha value is -5.30. The van der Waals surface area contributed by atoms with Crippen molar-refractivity contribution >= 4 is 33.1 Å². The van der Waals surface area contributed by atoms with E-state index in [1.165, 1.54) is 11.4 Å². The van der Waals surface area contributed by atoms with Gasteiger partial charge in [0, 0.05) is 23.7 Å². The van der Waals surface area contributed by atoms with Gasteiger partial charge in [-0.2, -0.15) is 0 Å². The summed E-state index contributed by atoms with van der Waals surface area (Å²) in [6.07, 6.45) is 4.42. The van der Waals surface area contributed by atoms with Gasteiger partial charge >= 0.3 is 0 Å². The number of hydrogen-bond acceptors (Lipinski definition) is 8. The minimum Gasteiger partial charge on any atom is -0.495 e. The molecule has 0 spiro atoms. The Kier molecular flexibility index (Phi) is 8.54. The molecule has 0 aliphatic rings. The van der Waals surface area contributed by atoms with E-state index in [1.807, 2.05) is 13.0 Å². The number of benzene rings is 3. The van der Waals surface area contributed by atoms with Gasteiger partial charge in [-0.25, -0.2) is 18.1 Å².